The van der Waals surface area contributed by atoms with Crippen molar-refractivity contribution in [3.8, 4) is 0 Å². The summed E-state index contributed by atoms with van der Waals surface area (Å²) in [7, 11) is 0. The van der Waals surface area contributed by atoms with E-state index < -0.39 is 0 Å². The normalized spacial score (nSPS) is 13.0. The van der Waals surface area contributed by atoms with Crippen LogP contribution in [0.2, 0.25) is 0 Å². The van der Waals surface area contributed by atoms with Gasteiger partial charge in [-0.15, -0.1) is 11.6 Å². The van der Waals surface area contributed by atoms with Gasteiger partial charge in [-0.2, -0.15) is 0 Å². The van der Waals surface area contributed by atoms with E-state index in [1.54, 1.807) is 0 Å². The lowest BCUT2D eigenvalue weighted by molar-refractivity contribution is 0.105. The van der Waals surface area contributed by atoms with E-state index in [2.05, 4.69) is 45.0 Å². The van der Waals surface area contributed by atoms with Crippen molar-refractivity contribution in [2.45, 2.75) is 33.1 Å². The number of hydrogen-bond donors (Lipinski definition) is 0. The molecule has 0 N–H and O–H groups in total. The zero-order valence-corrected chi connectivity index (χ0v) is 11.8. The summed E-state index contributed by atoms with van der Waals surface area (Å²) in [6, 6.07) is 8.58. The van der Waals surface area contributed by atoms with Crippen molar-refractivity contribution in [3.63, 3.8) is 0 Å². The fourth-order valence-corrected chi connectivity index (χ4v) is 2.13. The minimum Gasteiger partial charge on any atom is -0.381 e. The van der Waals surface area contributed by atoms with Crippen molar-refractivity contribution >= 4 is 11.6 Å². The summed E-state index contributed by atoms with van der Waals surface area (Å²) in [5.74, 6) is 1.67. The summed E-state index contributed by atoms with van der Waals surface area (Å²) in [6.45, 7) is 8.08. The van der Waals surface area contributed by atoms with Crippen LogP contribution in [-0.4, -0.2) is 19.1 Å². The molecule has 0 spiro atoms. The van der Waals surface area contributed by atoms with Crippen molar-refractivity contribution in [3.05, 3.63) is 35.4 Å². The van der Waals surface area contributed by atoms with E-state index in [-0.39, 0.29) is 0 Å². The van der Waals surface area contributed by atoms with E-state index >= 15 is 0 Å². The fraction of sp³-hybridized carbons (Fsp3) is 0.600. The van der Waals surface area contributed by atoms with Crippen LogP contribution in [0.25, 0.3) is 0 Å². The molecule has 1 atom stereocenters. The predicted molar refractivity (Wildman–Crippen MR) is 74.9 cm³/mol. The van der Waals surface area contributed by atoms with Gasteiger partial charge in [-0.25, -0.2) is 0 Å². The van der Waals surface area contributed by atoms with Gasteiger partial charge in [-0.1, -0.05) is 43.7 Å². The Bertz CT molecular complexity index is 322. The molecule has 1 nitrogen and oxygen atoms in total. The lowest BCUT2D eigenvalue weighted by Crippen LogP contribution is -2.08. The molecule has 0 fully saturated rings. The molecule has 0 radical (unpaired) electrons. The first-order valence-electron chi connectivity index (χ1n) is 6.33. The number of hydrogen-bond acceptors (Lipinski definition) is 1. The summed E-state index contributed by atoms with van der Waals surface area (Å²) in [5, 5.41) is 0. The maximum Gasteiger partial charge on any atom is 0.0488 e. The molecule has 2 heteroatoms. The molecule has 1 aromatic rings. The van der Waals surface area contributed by atoms with Crippen LogP contribution in [0.4, 0.5) is 0 Å². The minimum absolute atomic E-state index is 0.406. The predicted octanol–water partition coefficient (Wildman–Crippen LogP) is 4.38. The Kier molecular flexibility index (Phi) is 6.61. The minimum atomic E-state index is 0.406. The van der Waals surface area contributed by atoms with Crippen LogP contribution >= 0.6 is 11.6 Å². The van der Waals surface area contributed by atoms with Crippen LogP contribution in [0.15, 0.2) is 24.3 Å². The highest BCUT2D eigenvalue weighted by Gasteiger charge is 2.10. The Balaban J connectivity index is 2.43. The third kappa shape index (κ3) is 5.56. The van der Waals surface area contributed by atoms with Crippen molar-refractivity contribution < 1.29 is 4.74 Å². The molecule has 1 unspecified atom stereocenters. The molecular weight excluding hydrogens is 232 g/mol. The lowest BCUT2D eigenvalue weighted by Gasteiger charge is -2.15. The summed E-state index contributed by atoms with van der Waals surface area (Å²) in [4.78, 5) is 0. The van der Waals surface area contributed by atoms with Crippen LogP contribution in [0.3, 0.4) is 0 Å². The lowest BCUT2D eigenvalue weighted by atomic mass is 9.96. The van der Waals surface area contributed by atoms with Crippen molar-refractivity contribution in [1.82, 2.24) is 0 Å². The monoisotopic (exact) mass is 254 g/mol. The second-order valence-electron chi connectivity index (χ2n) is 5.02. The van der Waals surface area contributed by atoms with Gasteiger partial charge in [0, 0.05) is 19.1 Å². The first kappa shape index (κ1) is 14.5. The average Bonchev–Trinajstić information content (AvgIpc) is 2.29. The van der Waals surface area contributed by atoms with E-state index in [0.29, 0.717) is 17.7 Å². The zero-order valence-electron chi connectivity index (χ0n) is 11.1. The Morgan fingerprint density at radius 2 is 2.06 bits per heavy atom. The molecule has 1 rings (SSSR count). The smallest absolute Gasteiger partial charge is 0.0488 e. The molecule has 96 valence electrons. The Morgan fingerprint density at radius 1 is 1.29 bits per heavy atom. The van der Waals surface area contributed by atoms with Gasteiger partial charge in [0.15, 0.2) is 0 Å². The highest BCUT2D eigenvalue weighted by atomic mass is 35.5. The van der Waals surface area contributed by atoms with E-state index in [1.807, 2.05) is 0 Å². The molecule has 0 aliphatic heterocycles. The topological polar surface area (TPSA) is 9.23 Å². The molecular formula is C15H23ClO. The SMILES string of the molecule is Cc1cccc(C(CCl)CCOCC(C)C)c1. The summed E-state index contributed by atoms with van der Waals surface area (Å²) >= 11 is 6.04. The highest BCUT2D eigenvalue weighted by Crippen LogP contribution is 2.22. The van der Waals surface area contributed by atoms with Crippen LogP contribution in [0, 0.1) is 12.8 Å². The second kappa shape index (κ2) is 7.73. The number of aryl methyl sites for hydroxylation is 1. The van der Waals surface area contributed by atoms with Crippen LogP contribution in [0.1, 0.15) is 37.3 Å². The largest absolute Gasteiger partial charge is 0.381 e. The van der Waals surface area contributed by atoms with Gasteiger partial charge < -0.3 is 4.74 Å². The van der Waals surface area contributed by atoms with Crippen molar-refractivity contribution in [2.24, 2.45) is 5.92 Å². The van der Waals surface area contributed by atoms with Crippen LogP contribution in [0.5, 0.6) is 0 Å². The average molecular weight is 255 g/mol. The highest BCUT2D eigenvalue weighted by molar-refractivity contribution is 6.18. The van der Waals surface area contributed by atoms with Gasteiger partial charge in [0.05, 0.1) is 0 Å². The number of rotatable bonds is 7. The summed E-state index contributed by atoms with van der Waals surface area (Å²) in [5.41, 5.74) is 2.62. The Hall–Kier alpha value is -0.530. The molecule has 0 aliphatic rings. The molecule has 0 heterocycles. The second-order valence-corrected chi connectivity index (χ2v) is 5.33. The third-order valence-electron chi connectivity index (χ3n) is 2.76. The molecule has 0 aromatic heterocycles. The van der Waals surface area contributed by atoms with E-state index in [1.165, 1.54) is 11.1 Å². The maximum absolute atomic E-state index is 6.04. The number of alkyl halides is 1. The molecule has 0 saturated carbocycles. The first-order chi connectivity index (χ1) is 8.13. The standard InChI is InChI=1S/C15H23ClO/c1-12(2)11-17-8-7-15(10-16)14-6-4-5-13(3)9-14/h4-6,9,12,15H,7-8,10-11H2,1-3H3. The zero-order chi connectivity index (χ0) is 12.7. The first-order valence-corrected chi connectivity index (χ1v) is 6.87. The van der Waals surface area contributed by atoms with E-state index in [9.17, 15) is 0 Å². The quantitative estimate of drug-likeness (QED) is 0.518. The number of halogens is 1. The third-order valence-corrected chi connectivity index (χ3v) is 3.13. The van der Waals surface area contributed by atoms with E-state index in [0.717, 1.165) is 19.6 Å². The Labute approximate surface area is 110 Å². The van der Waals surface area contributed by atoms with Gasteiger partial charge in [0.25, 0.3) is 0 Å². The van der Waals surface area contributed by atoms with Crippen molar-refractivity contribution in [2.75, 3.05) is 19.1 Å². The van der Waals surface area contributed by atoms with E-state index in [4.69, 9.17) is 16.3 Å². The number of benzene rings is 1. The fourth-order valence-electron chi connectivity index (χ4n) is 1.80. The molecule has 0 amide bonds. The Morgan fingerprint density at radius 3 is 2.65 bits per heavy atom. The van der Waals surface area contributed by atoms with Gasteiger partial charge in [0.2, 0.25) is 0 Å². The summed E-state index contributed by atoms with van der Waals surface area (Å²) < 4.78 is 5.62. The molecule has 0 bridgehead atoms. The molecule has 0 saturated heterocycles. The molecule has 17 heavy (non-hydrogen) atoms. The number of ether oxygens (including phenoxy) is 1. The van der Waals surface area contributed by atoms with Gasteiger partial charge >= 0.3 is 0 Å². The summed E-state index contributed by atoms with van der Waals surface area (Å²) in [6.07, 6.45) is 1.000. The van der Waals surface area contributed by atoms with Gasteiger partial charge in [-0.05, 0) is 30.7 Å². The molecule has 1 aromatic carbocycles. The van der Waals surface area contributed by atoms with Gasteiger partial charge in [-0.3, -0.25) is 0 Å². The van der Waals surface area contributed by atoms with Crippen LogP contribution < -0.4 is 0 Å². The maximum atomic E-state index is 6.04. The molecule has 0 aliphatic carbocycles. The van der Waals surface area contributed by atoms with Crippen LogP contribution in [-0.2, 0) is 4.74 Å². The van der Waals surface area contributed by atoms with Gasteiger partial charge in [0.1, 0.15) is 0 Å². The van der Waals surface area contributed by atoms with Crippen molar-refractivity contribution in [1.29, 1.82) is 0 Å².